The average Bonchev–Trinajstić information content (AvgIpc) is 2.98. The Morgan fingerprint density at radius 2 is 1.88 bits per heavy atom. The number of sulfonamides is 1. The fourth-order valence-corrected chi connectivity index (χ4v) is 7.35. The standard InChI is InChI=1S/C25H29NO7S/c1-25-10-9-18-17-8-6-15(27)11-13(17)5-7-19(18)20(25)21(28)22(29)23(25)33-24(30)14-3-2-4-16(12-14)34(26,31)32/h2-4,6,8,11-12,18-23,27-29H,5,7,9-10H2,1H3,(H2,26,31,32)/t18?,19?,20?,21-,22-,23+,25+/m1/s1. The van der Waals surface area contributed by atoms with E-state index in [0.717, 1.165) is 30.9 Å². The maximum Gasteiger partial charge on any atom is 0.338 e. The number of aliphatic hydroxyl groups excluding tert-OH is 2. The van der Waals surface area contributed by atoms with Gasteiger partial charge < -0.3 is 20.1 Å². The van der Waals surface area contributed by atoms with Crippen LogP contribution in [0.25, 0.3) is 0 Å². The first-order valence-corrected chi connectivity index (χ1v) is 13.1. The lowest BCUT2D eigenvalue weighted by Crippen LogP contribution is -2.47. The normalized spacial score (nSPS) is 34.6. The number of rotatable bonds is 3. The molecule has 0 amide bonds. The van der Waals surface area contributed by atoms with Crippen LogP contribution in [0.1, 0.15) is 53.6 Å². The molecule has 7 atom stereocenters. The van der Waals surface area contributed by atoms with Crippen LogP contribution in [-0.4, -0.2) is 48.0 Å². The average molecular weight is 488 g/mol. The Bertz CT molecular complexity index is 1250. The monoisotopic (exact) mass is 487 g/mol. The predicted octanol–water partition coefficient (Wildman–Crippen LogP) is 2.06. The van der Waals surface area contributed by atoms with E-state index in [1.807, 2.05) is 13.0 Å². The summed E-state index contributed by atoms with van der Waals surface area (Å²) in [4.78, 5) is 12.7. The number of aryl methyl sites for hydroxylation is 1. The molecule has 0 heterocycles. The summed E-state index contributed by atoms with van der Waals surface area (Å²) in [7, 11) is -3.99. The van der Waals surface area contributed by atoms with Gasteiger partial charge in [0.05, 0.1) is 16.6 Å². The summed E-state index contributed by atoms with van der Waals surface area (Å²) < 4.78 is 29.1. The van der Waals surface area contributed by atoms with Gasteiger partial charge in [0.15, 0.2) is 0 Å². The van der Waals surface area contributed by atoms with E-state index in [1.165, 1.54) is 23.8 Å². The van der Waals surface area contributed by atoms with Gasteiger partial charge in [0.2, 0.25) is 10.0 Å². The molecule has 2 fully saturated rings. The highest BCUT2D eigenvalue weighted by molar-refractivity contribution is 7.89. The third-order valence-electron chi connectivity index (χ3n) is 8.32. The van der Waals surface area contributed by atoms with Gasteiger partial charge in [-0.2, -0.15) is 0 Å². The van der Waals surface area contributed by atoms with Gasteiger partial charge in [-0.15, -0.1) is 0 Å². The van der Waals surface area contributed by atoms with Crippen molar-refractivity contribution in [1.29, 1.82) is 0 Å². The number of phenols is 1. The smallest absolute Gasteiger partial charge is 0.338 e. The highest BCUT2D eigenvalue weighted by Crippen LogP contribution is 2.61. The Balaban J connectivity index is 1.43. The van der Waals surface area contributed by atoms with Crippen molar-refractivity contribution in [3.05, 3.63) is 59.2 Å². The Morgan fingerprint density at radius 3 is 2.62 bits per heavy atom. The molecule has 5 N–H and O–H groups in total. The minimum absolute atomic E-state index is 0.0142. The molecule has 182 valence electrons. The number of benzene rings is 2. The third kappa shape index (κ3) is 3.62. The number of primary sulfonamides is 1. The molecular weight excluding hydrogens is 458 g/mol. The number of esters is 1. The molecule has 34 heavy (non-hydrogen) atoms. The van der Waals surface area contributed by atoms with Crippen LogP contribution in [0.5, 0.6) is 5.75 Å². The fourth-order valence-electron chi connectivity index (χ4n) is 6.79. The molecule has 2 aromatic carbocycles. The Kier molecular flexibility index (Phi) is 5.51. The molecule has 0 bridgehead atoms. The minimum atomic E-state index is -3.99. The minimum Gasteiger partial charge on any atom is -0.508 e. The van der Waals surface area contributed by atoms with Crippen molar-refractivity contribution < 1.29 is 33.3 Å². The molecule has 8 nitrogen and oxygen atoms in total. The number of nitrogens with two attached hydrogens (primary N) is 1. The van der Waals surface area contributed by atoms with Gasteiger partial charge in [-0.05, 0) is 84.9 Å². The molecule has 3 aliphatic rings. The van der Waals surface area contributed by atoms with Crippen LogP contribution < -0.4 is 5.14 Å². The maximum atomic E-state index is 13.0. The van der Waals surface area contributed by atoms with E-state index >= 15 is 0 Å². The van der Waals surface area contributed by atoms with Crippen molar-refractivity contribution in [3.8, 4) is 5.75 Å². The second kappa shape index (κ2) is 8.05. The summed E-state index contributed by atoms with van der Waals surface area (Å²) >= 11 is 0. The van der Waals surface area contributed by atoms with Crippen LogP contribution in [-0.2, 0) is 21.2 Å². The van der Waals surface area contributed by atoms with E-state index in [2.05, 4.69) is 0 Å². The van der Waals surface area contributed by atoms with Gasteiger partial charge in [0, 0.05) is 5.41 Å². The summed E-state index contributed by atoms with van der Waals surface area (Å²) in [6.45, 7) is 1.96. The van der Waals surface area contributed by atoms with Crippen molar-refractivity contribution in [1.82, 2.24) is 0 Å². The number of phenolic OH excluding ortho intramolecular Hbond substituents is 1. The highest BCUT2D eigenvalue weighted by atomic mass is 32.2. The lowest BCUT2D eigenvalue weighted by molar-refractivity contribution is -0.0678. The second-order valence-corrected chi connectivity index (χ2v) is 11.7. The number of hydrogen-bond acceptors (Lipinski definition) is 7. The summed E-state index contributed by atoms with van der Waals surface area (Å²) in [5.74, 6) is -0.486. The zero-order chi connectivity index (χ0) is 24.4. The molecular formula is C25H29NO7S. The quantitative estimate of drug-likeness (QED) is 0.485. The van der Waals surface area contributed by atoms with E-state index in [4.69, 9.17) is 9.88 Å². The second-order valence-electron chi connectivity index (χ2n) is 10.1. The molecule has 3 aliphatic carbocycles. The van der Waals surface area contributed by atoms with Crippen LogP contribution >= 0.6 is 0 Å². The van der Waals surface area contributed by atoms with E-state index in [-0.39, 0.29) is 34.0 Å². The number of aromatic hydroxyl groups is 1. The molecule has 5 rings (SSSR count). The summed E-state index contributed by atoms with van der Waals surface area (Å²) in [6.07, 6.45) is -0.203. The van der Waals surface area contributed by atoms with Crippen LogP contribution in [0.4, 0.5) is 0 Å². The zero-order valence-electron chi connectivity index (χ0n) is 18.8. The first kappa shape index (κ1) is 23.3. The van der Waals surface area contributed by atoms with Crippen LogP contribution in [0.15, 0.2) is 47.4 Å². The number of carbonyl (C=O) groups is 1. The topological polar surface area (TPSA) is 147 Å². The van der Waals surface area contributed by atoms with Gasteiger partial charge in [0.25, 0.3) is 0 Å². The first-order valence-electron chi connectivity index (χ1n) is 11.5. The van der Waals surface area contributed by atoms with Gasteiger partial charge in [-0.3, -0.25) is 0 Å². The molecule has 0 radical (unpaired) electrons. The number of carbonyl (C=O) groups excluding carboxylic acids is 1. The van der Waals surface area contributed by atoms with Gasteiger partial charge in [0.1, 0.15) is 18.0 Å². The molecule has 0 aliphatic heterocycles. The number of fused-ring (bicyclic) bond motifs is 5. The Hall–Kier alpha value is -2.46. The number of hydrogen-bond donors (Lipinski definition) is 4. The molecule has 2 aromatic rings. The lowest BCUT2D eigenvalue weighted by Gasteiger charge is -2.50. The van der Waals surface area contributed by atoms with E-state index in [9.17, 15) is 28.5 Å². The van der Waals surface area contributed by atoms with Crippen molar-refractivity contribution in [3.63, 3.8) is 0 Å². The zero-order valence-corrected chi connectivity index (χ0v) is 19.6. The van der Waals surface area contributed by atoms with E-state index in [0.29, 0.717) is 6.42 Å². The van der Waals surface area contributed by atoms with E-state index in [1.54, 1.807) is 12.1 Å². The maximum absolute atomic E-state index is 13.0. The molecule has 0 saturated heterocycles. The van der Waals surface area contributed by atoms with Gasteiger partial charge in [-0.1, -0.05) is 19.1 Å². The van der Waals surface area contributed by atoms with Crippen molar-refractivity contribution >= 4 is 16.0 Å². The lowest BCUT2D eigenvalue weighted by atomic mass is 9.55. The molecule has 3 unspecified atom stereocenters. The summed E-state index contributed by atoms with van der Waals surface area (Å²) in [5, 5.41) is 37.1. The summed E-state index contributed by atoms with van der Waals surface area (Å²) in [6, 6.07) is 10.7. The number of ether oxygens (including phenoxy) is 1. The van der Waals surface area contributed by atoms with Crippen LogP contribution in [0.3, 0.4) is 0 Å². The molecule has 2 saturated carbocycles. The van der Waals surface area contributed by atoms with Crippen LogP contribution in [0, 0.1) is 17.3 Å². The molecule has 0 spiro atoms. The highest BCUT2D eigenvalue weighted by Gasteiger charge is 2.64. The van der Waals surface area contributed by atoms with Crippen molar-refractivity contribution in [2.75, 3.05) is 0 Å². The van der Waals surface area contributed by atoms with E-state index < -0.39 is 39.7 Å². The van der Waals surface area contributed by atoms with Gasteiger partial charge in [-0.25, -0.2) is 18.4 Å². The first-order chi connectivity index (χ1) is 16.0. The predicted molar refractivity (Wildman–Crippen MR) is 123 cm³/mol. The largest absolute Gasteiger partial charge is 0.508 e. The van der Waals surface area contributed by atoms with Gasteiger partial charge >= 0.3 is 5.97 Å². The van der Waals surface area contributed by atoms with Crippen LogP contribution in [0.2, 0.25) is 0 Å². The van der Waals surface area contributed by atoms with Crippen molar-refractivity contribution in [2.45, 2.75) is 61.7 Å². The molecule has 9 heteroatoms. The fraction of sp³-hybridized carbons (Fsp3) is 0.480. The SMILES string of the molecule is C[C@]12CCC3c4ccc(O)cc4CCC3C1[C@@H](O)[C@@H](O)[C@@H]2OC(=O)c1cccc(S(N)(=O)=O)c1. The summed E-state index contributed by atoms with van der Waals surface area (Å²) in [5.41, 5.74) is 1.68. The Morgan fingerprint density at radius 1 is 1.12 bits per heavy atom. The number of aliphatic hydroxyl groups is 2. The molecule has 0 aromatic heterocycles. The Labute approximate surface area is 198 Å². The van der Waals surface area contributed by atoms with Crippen molar-refractivity contribution in [2.24, 2.45) is 22.4 Å². The third-order valence-corrected chi connectivity index (χ3v) is 9.23.